The zero-order valence-corrected chi connectivity index (χ0v) is 18.3. The standard InChI is InChI=1S/C25H26N4O4/c1-32-23-14-18(2-9-22(23)33-16-17-10-12-26-13-11-17)15-27-24(30)19-3-5-20(6-4-19)28-25(31)29-21-7-8-21/h2-6,9-14,21H,7-8,15-16H2,1H3,(H,27,30)(H2,28,29,31). The highest BCUT2D eigenvalue weighted by Crippen LogP contribution is 2.29. The van der Waals surface area contributed by atoms with Crippen molar-refractivity contribution in [2.45, 2.75) is 32.0 Å². The number of amides is 3. The van der Waals surface area contributed by atoms with Crippen molar-refractivity contribution < 1.29 is 19.1 Å². The fraction of sp³-hybridized carbons (Fsp3) is 0.240. The number of carbonyl (C=O) groups excluding carboxylic acids is 2. The van der Waals surface area contributed by atoms with Gasteiger partial charge in [-0.1, -0.05) is 6.07 Å². The highest BCUT2D eigenvalue weighted by atomic mass is 16.5. The molecule has 0 unspecified atom stereocenters. The Hall–Kier alpha value is -4.07. The minimum Gasteiger partial charge on any atom is -0.493 e. The molecule has 2 aromatic carbocycles. The predicted molar refractivity (Wildman–Crippen MR) is 124 cm³/mol. The van der Waals surface area contributed by atoms with Gasteiger partial charge in [0.05, 0.1) is 7.11 Å². The average molecular weight is 447 g/mol. The summed E-state index contributed by atoms with van der Waals surface area (Å²) in [6.07, 6.45) is 5.49. The molecule has 3 amide bonds. The Morgan fingerprint density at radius 1 is 0.970 bits per heavy atom. The number of aromatic nitrogens is 1. The number of hydrogen-bond acceptors (Lipinski definition) is 5. The molecular weight excluding hydrogens is 420 g/mol. The van der Waals surface area contributed by atoms with Gasteiger partial charge in [-0.05, 0) is 72.5 Å². The van der Waals surface area contributed by atoms with Crippen LogP contribution in [0.1, 0.15) is 34.3 Å². The minimum atomic E-state index is -0.225. The van der Waals surface area contributed by atoms with E-state index in [1.54, 1.807) is 43.8 Å². The molecule has 1 heterocycles. The fourth-order valence-electron chi connectivity index (χ4n) is 3.15. The Labute approximate surface area is 192 Å². The van der Waals surface area contributed by atoms with Crippen LogP contribution in [0.25, 0.3) is 0 Å². The number of urea groups is 1. The molecule has 1 aromatic heterocycles. The molecular formula is C25H26N4O4. The van der Waals surface area contributed by atoms with Gasteiger partial charge in [-0.25, -0.2) is 4.79 Å². The Kier molecular flexibility index (Phi) is 7.04. The lowest BCUT2D eigenvalue weighted by molar-refractivity contribution is 0.0951. The molecule has 3 N–H and O–H groups in total. The van der Waals surface area contributed by atoms with E-state index in [-0.39, 0.29) is 18.0 Å². The van der Waals surface area contributed by atoms with E-state index in [0.29, 0.717) is 35.9 Å². The summed E-state index contributed by atoms with van der Waals surface area (Å²) >= 11 is 0. The Morgan fingerprint density at radius 3 is 2.42 bits per heavy atom. The van der Waals surface area contributed by atoms with E-state index in [9.17, 15) is 9.59 Å². The lowest BCUT2D eigenvalue weighted by atomic mass is 10.1. The highest BCUT2D eigenvalue weighted by Gasteiger charge is 2.23. The van der Waals surface area contributed by atoms with Gasteiger partial charge in [0.25, 0.3) is 5.91 Å². The molecule has 4 rings (SSSR count). The highest BCUT2D eigenvalue weighted by molar-refractivity contribution is 5.95. The maximum atomic E-state index is 12.5. The zero-order chi connectivity index (χ0) is 23.0. The number of hydrogen-bond donors (Lipinski definition) is 3. The fourth-order valence-corrected chi connectivity index (χ4v) is 3.15. The van der Waals surface area contributed by atoms with Gasteiger partial charge in [0.15, 0.2) is 11.5 Å². The van der Waals surface area contributed by atoms with Crippen LogP contribution >= 0.6 is 0 Å². The summed E-state index contributed by atoms with van der Waals surface area (Å²) in [6, 6.07) is 16.2. The molecule has 0 atom stereocenters. The van der Waals surface area contributed by atoms with Crippen molar-refractivity contribution in [3.05, 3.63) is 83.7 Å². The number of nitrogens with one attached hydrogen (secondary N) is 3. The first-order valence-corrected chi connectivity index (χ1v) is 10.7. The molecule has 8 heteroatoms. The second-order valence-corrected chi connectivity index (χ2v) is 7.76. The summed E-state index contributed by atoms with van der Waals surface area (Å²) in [7, 11) is 1.58. The number of rotatable bonds is 9. The van der Waals surface area contributed by atoms with Crippen LogP contribution in [0.5, 0.6) is 11.5 Å². The molecule has 0 aliphatic heterocycles. The van der Waals surface area contributed by atoms with Crippen LogP contribution < -0.4 is 25.4 Å². The molecule has 0 radical (unpaired) electrons. The van der Waals surface area contributed by atoms with E-state index in [4.69, 9.17) is 9.47 Å². The Bertz CT molecular complexity index is 1100. The quantitative estimate of drug-likeness (QED) is 0.463. The summed E-state index contributed by atoms with van der Waals surface area (Å²) in [6.45, 7) is 0.742. The van der Waals surface area contributed by atoms with Gasteiger partial charge in [0.1, 0.15) is 6.61 Å². The van der Waals surface area contributed by atoms with E-state index < -0.39 is 0 Å². The molecule has 0 spiro atoms. The van der Waals surface area contributed by atoms with Crippen LogP contribution in [0.15, 0.2) is 67.0 Å². The van der Waals surface area contributed by atoms with Crippen LogP contribution in [-0.2, 0) is 13.2 Å². The monoisotopic (exact) mass is 446 g/mol. The van der Waals surface area contributed by atoms with Crippen LogP contribution in [0, 0.1) is 0 Å². The van der Waals surface area contributed by atoms with Gasteiger partial charge in [-0.2, -0.15) is 0 Å². The maximum Gasteiger partial charge on any atom is 0.319 e. The number of methoxy groups -OCH3 is 1. The SMILES string of the molecule is COc1cc(CNC(=O)c2ccc(NC(=O)NC3CC3)cc2)ccc1OCc1ccncc1. The van der Waals surface area contributed by atoms with Crippen molar-refractivity contribution in [2.75, 3.05) is 12.4 Å². The van der Waals surface area contributed by atoms with Gasteiger partial charge in [-0.15, -0.1) is 0 Å². The normalized spacial score (nSPS) is 12.5. The first-order chi connectivity index (χ1) is 16.1. The van der Waals surface area contributed by atoms with Gasteiger partial charge >= 0.3 is 6.03 Å². The number of benzene rings is 2. The zero-order valence-electron chi connectivity index (χ0n) is 18.3. The minimum absolute atomic E-state index is 0.207. The van der Waals surface area contributed by atoms with Gasteiger partial charge in [0, 0.05) is 36.2 Å². The van der Waals surface area contributed by atoms with Crippen LogP contribution in [0.2, 0.25) is 0 Å². The number of anilines is 1. The average Bonchev–Trinajstić information content (AvgIpc) is 3.66. The van der Waals surface area contributed by atoms with Gasteiger partial charge < -0.3 is 25.4 Å². The molecule has 1 saturated carbocycles. The summed E-state index contributed by atoms with van der Waals surface area (Å²) in [5.74, 6) is 1.01. The lowest BCUT2D eigenvalue weighted by Crippen LogP contribution is -2.30. The van der Waals surface area contributed by atoms with Crippen molar-refractivity contribution in [2.24, 2.45) is 0 Å². The summed E-state index contributed by atoms with van der Waals surface area (Å²) in [4.78, 5) is 28.3. The maximum absolute atomic E-state index is 12.5. The molecule has 0 bridgehead atoms. The summed E-state index contributed by atoms with van der Waals surface area (Å²) < 4.78 is 11.3. The molecule has 1 aliphatic carbocycles. The van der Waals surface area contributed by atoms with E-state index in [0.717, 1.165) is 24.0 Å². The number of ether oxygens (including phenoxy) is 2. The van der Waals surface area contributed by atoms with Crippen molar-refractivity contribution in [1.82, 2.24) is 15.6 Å². The molecule has 3 aromatic rings. The van der Waals surface area contributed by atoms with Crippen LogP contribution in [0.4, 0.5) is 10.5 Å². The summed E-state index contributed by atoms with van der Waals surface area (Å²) in [5.41, 5.74) is 3.03. The lowest BCUT2D eigenvalue weighted by Gasteiger charge is -2.13. The van der Waals surface area contributed by atoms with Gasteiger partial charge in [-0.3, -0.25) is 9.78 Å². The van der Waals surface area contributed by atoms with E-state index in [2.05, 4.69) is 20.9 Å². The second kappa shape index (κ2) is 10.5. The van der Waals surface area contributed by atoms with Gasteiger partial charge in [0.2, 0.25) is 0 Å². The molecule has 170 valence electrons. The summed E-state index contributed by atoms with van der Waals surface area (Å²) in [5, 5.41) is 8.52. The molecule has 1 aliphatic rings. The number of carbonyl (C=O) groups is 2. The van der Waals surface area contributed by atoms with Crippen molar-refractivity contribution in [1.29, 1.82) is 0 Å². The van der Waals surface area contributed by atoms with Crippen LogP contribution in [0.3, 0.4) is 0 Å². The van der Waals surface area contributed by atoms with Crippen molar-refractivity contribution in [3.63, 3.8) is 0 Å². The first kappa shape index (κ1) is 22.1. The smallest absolute Gasteiger partial charge is 0.319 e. The topological polar surface area (TPSA) is 102 Å². The number of pyridine rings is 1. The molecule has 1 fully saturated rings. The Balaban J connectivity index is 1.29. The third-order valence-corrected chi connectivity index (χ3v) is 5.14. The third kappa shape index (κ3) is 6.46. The molecule has 33 heavy (non-hydrogen) atoms. The van der Waals surface area contributed by atoms with E-state index >= 15 is 0 Å². The molecule has 0 saturated heterocycles. The van der Waals surface area contributed by atoms with Crippen molar-refractivity contribution >= 4 is 17.6 Å². The van der Waals surface area contributed by atoms with E-state index in [1.165, 1.54) is 0 Å². The van der Waals surface area contributed by atoms with Crippen LogP contribution in [-0.4, -0.2) is 30.1 Å². The third-order valence-electron chi connectivity index (χ3n) is 5.14. The Morgan fingerprint density at radius 2 is 1.73 bits per heavy atom. The number of nitrogens with zero attached hydrogens (tertiary/aromatic N) is 1. The molecule has 8 nitrogen and oxygen atoms in total. The second-order valence-electron chi connectivity index (χ2n) is 7.76. The predicted octanol–water partition coefficient (Wildman–Crippen LogP) is 3.88. The first-order valence-electron chi connectivity index (χ1n) is 10.7. The van der Waals surface area contributed by atoms with Crippen molar-refractivity contribution in [3.8, 4) is 11.5 Å². The largest absolute Gasteiger partial charge is 0.493 e. The van der Waals surface area contributed by atoms with E-state index in [1.807, 2.05) is 30.3 Å².